The molecule has 2 aliphatic rings. The number of quaternary nitrogens is 1. The third kappa shape index (κ3) is 4.77. The highest BCUT2D eigenvalue weighted by molar-refractivity contribution is 5.78. The molecule has 0 radical (unpaired) electrons. The highest BCUT2D eigenvalue weighted by Gasteiger charge is 2.34. The minimum absolute atomic E-state index is 0.0254. The van der Waals surface area contributed by atoms with E-state index in [2.05, 4.69) is 4.90 Å². The van der Waals surface area contributed by atoms with E-state index in [9.17, 15) is 9.18 Å². The number of ether oxygens (including phenoxy) is 2. The van der Waals surface area contributed by atoms with Crippen LogP contribution in [0.3, 0.4) is 0 Å². The molecule has 0 aliphatic carbocycles. The van der Waals surface area contributed by atoms with Gasteiger partial charge in [-0.25, -0.2) is 4.39 Å². The monoisotopic (exact) mass is 428 g/mol. The summed E-state index contributed by atoms with van der Waals surface area (Å²) in [6.45, 7) is 4.79. The number of hydrogen-bond donors (Lipinski definition) is 1. The van der Waals surface area contributed by atoms with E-state index in [1.165, 1.54) is 17.0 Å². The molecule has 1 atom stereocenters. The molecule has 0 bridgehead atoms. The van der Waals surface area contributed by atoms with Gasteiger partial charge in [0.1, 0.15) is 17.3 Å². The zero-order chi connectivity index (χ0) is 21.8. The van der Waals surface area contributed by atoms with Crippen molar-refractivity contribution in [2.75, 3.05) is 58.4 Å². The second kappa shape index (κ2) is 9.56. The Morgan fingerprint density at radius 1 is 1.06 bits per heavy atom. The number of nitrogens with zero attached hydrogens (tertiary/aromatic N) is 2. The largest absolute Gasteiger partial charge is 0.497 e. The van der Waals surface area contributed by atoms with E-state index >= 15 is 0 Å². The molecular formula is C24H31FN3O3+. The van der Waals surface area contributed by atoms with Crippen LogP contribution in [0, 0.1) is 5.82 Å². The topological polar surface area (TPSA) is 46.5 Å². The predicted molar refractivity (Wildman–Crippen MR) is 117 cm³/mol. The van der Waals surface area contributed by atoms with Crippen LogP contribution in [-0.4, -0.2) is 64.3 Å². The van der Waals surface area contributed by atoms with Crippen LogP contribution >= 0.6 is 0 Å². The van der Waals surface area contributed by atoms with Gasteiger partial charge in [-0.15, -0.1) is 0 Å². The standard InChI is InChI=1S/C24H30FN3O3/c1-30-20-9-10-23(31-2)21(16-20)22-4-3-11-28(22)24(29)17-26-12-14-27(15-13-26)19-7-5-18(25)6-8-19/h5-10,16,22H,3-4,11-15,17H2,1-2H3/p+1/t22-/m0/s1. The lowest BCUT2D eigenvalue weighted by Crippen LogP contribution is -3.15. The van der Waals surface area contributed by atoms with Crippen molar-refractivity contribution in [3.05, 3.63) is 53.8 Å². The van der Waals surface area contributed by atoms with Crippen LogP contribution in [0.15, 0.2) is 42.5 Å². The summed E-state index contributed by atoms with van der Waals surface area (Å²) in [6, 6.07) is 12.4. The summed E-state index contributed by atoms with van der Waals surface area (Å²) in [7, 11) is 3.31. The molecule has 2 fully saturated rings. The normalized spacial score (nSPS) is 19.5. The molecule has 4 rings (SSSR count). The average molecular weight is 429 g/mol. The molecule has 2 saturated heterocycles. The van der Waals surface area contributed by atoms with Crippen LogP contribution in [0.25, 0.3) is 0 Å². The molecule has 2 heterocycles. The Labute approximate surface area is 183 Å². The summed E-state index contributed by atoms with van der Waals surface area (Å²) in [5.74, 6) is 1.55. The van der Waals surface area contributed by atoms with Crippen molar-refractivity contribution in [1.82, 2.24) is 4.90 Å². The van der Waals surface area contributed by atoms with Crippen molar-refractivity contribution < 1.29 is 23.6 Å². The summed E-state index contributed by atoms with van der Waals surface area (Å²) in [5.41, 5.74) is 2.06. The first-order valence-corrected chi connectivity index (χ1v) is 10.9. The first-order chi connectivity index (χ1) is 15.1. The summed E-state index contributed by atoms with van der Waals surface area (Å²) in [4.78, 5) is 18.8. The first kappa shape index (κ1) is 21.4. The number of benzene rings is 2. The van der Waals surface area contributed by atoms with Gasteiger partial charge in [-0.05, 0) is 55.3 Å². The molecule has 0 spiro atoms. The van der Waals surface area contributed by atoms with E-state index in [1.807, 2.05) is 35.2 Å². The van der Waals surface area contributed by atoms with E-state index in [0.29, 0.717) is 6.54 Å². The Hall–Kier alpha value is -2.80. The van der Waals surface area contributed by atoms with Crippen LogP contribution in [0.2, 0.25) is 0 Å². The highest BCUT2D eigenvalue weighted by atomic mass is 19.1. The van der Waals surface area contributed by atoms with Crippen molar-refractivity contribution in [3.63, 3.8) is 0 Å². The zero-order valence-electron chi connectivity index (χ0n) is 18.3. The number of likely N-dealkylation sites (tertiary alicyclic amines) is 1. The molecule has 2 aromatic rings. The van der Waals surface area contributed by atoms with Gasteiger partial charge in [-0.2, -0.15) is 0 Å². The van der Waals surface area contributed by atoms with Gasteiger partial charge in [0.05, 0.1) is 46.4 Å². The lowest BCUT2D eigenvalue weighted by atomic mass is 10.0. The smallest absolute Gasteiger partial charge is 0.278 e. The number of nitrogens with one attached hydrogen (secondary N) is 1. The van der Waals surface area contributed by atoms with Crippen molar-refractivity contribution in [1.29, 1.82) is 0 Å². The SMILES string of the molecule is COc1ccc(OC)c([C@@H]2CCCN2C(=O)C[NH+]2CCN(c3ccc(F)cc3)CC2)c1. The molecule has 7 heteroatoms. The number of hydrogen-bond acceptors (Lipinski definition) is 4. The highest BCUT2D eigenvalue weighted by Crippen LogP contribution is 2.38. The lowest BCUT2D eigenvalue weighted by Gasteiger charge is -2.34. The third-order valence-electron chi connectivity index (χ3n) is 6.43. The van der Waals surface area contributed by atoms with Gasteiger partial charge >= 0.3 is 0 Å². The second-order valence-electron chi connectivity index (χ2n) is 8.24. The fourth-order valence-electron chi connectivity index (χ4n) is 4.71. The summed E-state index contributed by atoms with van der Waals surface area (Å²) in [5, 5.41) is 0. The molecule has 2 aliphatic heterocycles. The number of carbonyl (C=O) groups is 1. The summed E-state index contributed by atoms with van der Waals surface area (Å²) in [6.07, 6.45) is 1.92. The Morgan fingerprint density at radius 3 is 2.48 bits per heavy atom. The maximum Gasteiger partial charge on any atom is 0.278 e. The third-order valence-corrected chi connectivity index (χ3v) is 6.43. The van der Waals surface area contributed by atoms with Crippen LogP contribution in [-0.2, 0) is 4.79 Å². The van der Waals surface area contributed by atoms with E-state index in [1.54, 1.807) is 14.2 Å². The van der Waals surface area contributed by atoms with Crippen molar-refractivity contribution >= 4 is 11.6 Å². The van der Waals surface area contributed by atoms with Crippen LogP contribution in [0.1, 0.15) is 24.4 Å². The fraction of sp³-hybridized carbons (Fsp3) is 0.458. The summed E-state index contributed by atoms with van der Waals surface area (Å²) >= 11 is 0. The first-order valence-electron chi connectivity index (χ1n) is 10.9. The fourth-order valence-corrected chi connectivity index (χ4v) is 4.71. The lowest BCUT2D eigenvalue weighted by molar-refractivity contribution is -0.892. The van der Waals surface area contributed by atoms with Crippen molar-refractivity contribution in [3.8, 4) is 11.5 Å². The Kier molecular flexibility index (Phi) is 6.61. The van der Waals surface area contributed by atoms with Gasteiger partial charge in [-0.3, -0.25) is 4.79 Å². The van der Waals surface area contributed by atoms with Crippen molar-refractivity contribution in [2.24, 2.45) is 0 Å². The Morgan fingerprint density at radius 2 is 1.81 bits per heavy atom. The van der Waals surface area contributed by atoms with Gasteiger partial charge in [0.15, 0.2) is 6.54 Å². The van der Waals surface area contributed by atoms with E-state index in [4.69, 9.17) is 9.47 Å². The number of amides is 1. The predicted octanol–water partition coefficient (Wildman–Crippen LogP) is 1.91. The van der Waals surface area contributed by atoms with Crippen LogP contribution in [0.5, 0.6) is 11.5 Å². The molecule has 31 heavy (non-hydrogen) atoms. The minimum atomic E-state index is -0.216. The zero-order valence-corrected chi connectivity index (χ0v) is 18.3. The van der Waals surface area contributed by atoms with Crippen molar-refractivity contribution in [2.45, 2.75) is 18.9 Å². The molecule has 1 amide bonds. The van der Waals surface area contributed by atoms with Gasteiger partial charge in [-0.1, -0.05) is 0 Å². The number of anilines is 1. The maximum atomic E-state index is 13.2. The molecular weight excluding hydrogens is 397 g/mol. The van der Waals surface area contributed by atoms with Gasteiger partial charge < -0.3 is 24.2 Å². The Balaban J connectivity index is 1.38. The molecule has 6 nitrogen and oxygen atoms in total. The Bertz CT molecular complexity index is 897. The summed E-state index contributed by atoms with van der Waals surface area (Å²) < 4.78 is 24.1. The number of carbonyl (C=O) groups excluding carboxylic acids is 1. The van der Waals surface area contributed by atoms with Crippen LogP contribution < -0.4 is 19.3 Å². The number of piperazine rings is 1. The maximum absolute atomic E-state index is 13.2. The quantitative estimate of drug-likeness (QED) is 0.764. The number of halogens is 1. The molecule has 0 saturated carbocycles. The molecule has 0 unspecified atom stereocenters. The van der Waals surface area contributed by atoms with E-state index in [0.717, 1.165) is 68.3 Å². The molecule has 1 N–H and O–H groups in total. The number of rotatable bonds is 6. The van der Waals surface area contributed by atoms with Gasteiger partial charge in [0.2, 0.25) is 0 Å². The van der Waals surface area contributed by atoms with Crippen LogP contribution in [0.4, 0.5) is 10.1 Å². The van der Waals surface area contributed by atoms with Gasteiger partial charge in [0.25, 0.3) is 5.91 Å². The van der Waals surface area contributed by atoms with E-state index in [-0.39, 0.29) is 17.8 Å². The molecule has 2 aromatic carbocycles. The minimum Gasteiger partial charge on any atom is -0.497 e. The molecule has 0 aromatic heterocycles. The second-order valence-corrected chi connectivity index (χ2v) is 8.24. The van der Waals surface area contributed by atoms with E-state index < -0.39 is 0 Å². The average Bonchev–Trinajstić information content (AvgIpc) is 3.30. The molecule has 166 valence electrons. The number of methoxy groups -OCH3 is 2. The van der Waals surface area contributed by atoms with Gasteiger partial charge in [0, 0.05) is 17.8 Å².